The van der Waals surface area contributed by atoms with Gasteiger partial charge in [-0.2, -0.15) is 0 Å². The van der Waals surface area contributed by atoms with Crippen LogP contribution in [0.2, 0.25) is 5.02 Å². The van der Waals surface area contributed by atoms with Crippen LogP contribution in [0.3, 0.4) is 0 Å². The molecular formula is C22H18ClN3O3S2. The Bertz CT molecular complexity index is 1220. The Morgan fingerprint density at radius 3 is 2.61 bits per heavy atom. The van der Waals surface area contributed by atoms with Crippen molar-refractivity contribution in [2.45, 2.75) is 6.42 Å². The van der Waals surface area contributed by atoms with Gasteiger partial charge < -0.3 is 14.8 Å². The monoisotopic (exact) mass is 471 g/mol. The highest BCUT2D eigenvalue weighted by Gasteiger charge is 2.14. The molecule has 0 atom stereocenters. The number of aromatic nitrogens is 2. The molecule has 4 aromatic rings. The molecule has 1 N–H and O–H groups in total. The van der Waals surface area contributed by atoms with Crippen LogP contribution >= 0.6 is 34.3 Å². The van der Waals surface area contributed by atoms with Crippen LogP contribution in [0.5, 0.6) is 11.5 Å². The summed E-state index contributed by atoms with van der Waals surface area (Å²) < 4.78 is 10.6. The molecule has 0 bridgehead atoms. The van der Waals surface area contributed by atoms with Crippen LogP contribution in [-0.2, 0) is 11.2 Å². The first-order valence-corrected chi connectivity index (χ1v) is 11.4. The minimum atomic E-state index is -0.177. The normalized spacial score (nSPS) is 10.7. The number of hydrogen-bond donors (Lipinski definition) is 1. The summed E-state index contributed by atoms with van der Waals surface area (Å²) in [4.78, 5) is 21.5. The van der Waals surface area contributed by atoms with E-state index in [0.29, 0.717) is 27.3 Å². The highest BCUT2D eigenvalue weighted by atomic mass is 35.5. The van der Waals surface area contributed by atoms with Crippen molar-refractivity contribution in [1.29, 1.82) is 0 Å². The standard InChI is InChI=1S/C22H18ClN3O3S2/c1-28-18-8-7-13(9-19(18)29-2)21-24-14(11-30-21)10-20(27)26-22-25-17(12-31-22)15-5-3-4-6-16(15)23/h3-9,11-12H,10H2,1-2H3,(H,25,26,27). The summed E-state index contributed by atoms with van der Waals surface area (Å²) in [6.45, 7) is 0. The van der Waals surface area contributed by atoms with Crippen LogP contribution in [0.15, 0.2) is 53.2 Å². The number of thiazole rings is 2. The third-order valence-electron chi connectivity index (χ3n) is 4.42. The van der Waals surface area contributed by atoms with Crippen LogP contribution in [-0.4, -0.2) is 30.1 Å². The third kappa shape index (κ3) is 4.87. The number of methoxy groups -OCH3 is 2. The smallest absolute Gasteiger partial charge is 0.232 e. The maximum absolute atomic E-state index is 12.5. The zero-order chi connectivity index (χ0) is 21.8. The van der Waals surface area contributed by atoms with E-state index in [1.165, 1.54) is 22.7 Å². The zero-order valence-electron chi connectivity index (χ0n) is 16.7. The summed E-state index contributed by atoms with van der Waals surface area (Å²) in [5, 5.41) is 8.53. The van der Waals surface area contributed by atoms with Gasteiger partial charge in [-0.3, -0.25) is 4.79 Å². The van der Waals surface area contributed by atoms with Crippen LogP contribution in [0.25, 0.3) is 21.8 Å². The lowest BCUT2D eigenvalue weighted by molar-refractivity contribution is -0.115. The minimum absolute atomic E-state index is 0.158. The molecule has 0 aliphatic carbocycles. The van der Waals surface area contributed by atoms with Gasteiger partial charge in [-0.15, -0.1) is 22.7 Å². The summed E-state index contributed by atoms with van der Waals surface area (Å²) in [6, 6.07) is 13.1. The lowest BCUT2D eigenvalue weighted by Gasteiger charge is -2.08. The van der Waals surface area contributed by atoms with Gasteiger partial charge >= 0.3 is 0 Å². The molecule has 1 amide bonds. The molecule has 2 aromatic carbocycles. The Morgan fingerprint density at radius 2 is 1.84 bits per heavy atom. The molecule has 4 rings (SSSR count). The van der Waals surface area contributed by atoms with Gasteiger partial charge in [0.05, 0.1) is 32.0 Å². The number of nitrogens with zero attached hydrogens (tertiary/aromatic N) is 2. The Labute approximate surface area is 192 Å². The fraction of sp³-hybridized carbons (Fsp3) is 0.136. The van der Waals surface area contributed by atoms with Crippen molar-refractivity contribution in [2.24, 2.45) is 0 Å². The van der Waals surface area contributed by atoms with E-state index < -0.39 is 0 Å². The van der Waals surface area contributed by atoms with Gasteiger partial charge in [0.1, 0.15) is 5.01 Å². The van der Waals surface area contributed by atoms with Gasteiger partial charge in [-0.05, 0) is 24.3 Å². The van der Waals surface area contributed by atoms with Gasteiger partial charge in [0, 0.05) is 26.9 Å². The van der Waals surface area contributed by atoms with Gasteiger partial charge in [0.15, 0.2) is 16.6 Å². The average Bonchev–Trinajstić information content (AvgIpc) is 3.43. The molecule has 0 aliphatic rings. The SMILES string of the molecule is COc1ccc(-c2nc(CC(=O)Nc3nc(-c4ccccc4Cl)cs3)cs2)cc1OC. The Morgan fingerprint density at radius 1 is 1.03 bits per heavy atom. The number of halogens is 1. The van der Waals surface area contributed by atoms with Crippen molar-refractivity contribution in [3.05, 3.63) is 63.9 Å². The summed E-state index contributed by atoms with van der Waals surface area (Å²) >= 11 is 9.05. The van der Waals surface area contributed by atoms with Crippen LogP contribution < -0.4 is 14.8 Å². The van der Waals surface area contributed by atoms with E-state index >= 15 is 0 Å². The fourth-order valence-corrected chi connectivity index (χ4v) is 4.72. The first kappa shape index (κ1) is 21.3. The number of carbonyl (C=O) groups is 1. The minimum Gasteiger partial charge on any atom is -0.493 e. The van der Waals surface area contributed by atoms with Crippen LogP contribution in [0, 0.1) is 0 Å². The highest BCUT2D eigenvalue weighted by molar-refractivity contribution is 7.14. The molecular weight excluding hydrogens is 454 g/mol. The topological polar surface area (TPSA) is 73.3 Å². The molecule has 0 unspecified atom stereocenters. The Balaban J connectivity index is 1.43. The fourth-order valence-electron chi connectivity index (χ4n) is 2.94. The van der Waals surface area contributed by atoms with E-state index in [9.17, 15) is 4.79 Å². The highest BCUT2D eigenvalue weighted by Crippen LogP contribution is 2.34. The number of ether oxygens (including phenoxy) is 2. The van der Waals surface area contributed by atoms with E-state index in [4.69, 9.17) is 21.1 Å². The molecule has 2 heterocycles. The summed E-state index contributed by atoms with van der Waals surface area (Å²) in [5.41, 5.74) is 3.16. The first-order chi connectivity index (χ1) is 15.1. The first-order valence-electron chi connectivity index (χ1n) is 9.24. The zero-order valence-corrected chi connectivity index (χ0v) is 19.1. The number of hydrogen-bond acceptors (Lipinski definition) is 7. The van der Waals surface area contributed by atoms with Crippen LogP contribution in [0.4, 0.5) is 5.13 Å². The molecule has 0 saturated heterocycles. The van der Waals surface area contributed by atoms with Crippen molar-refractivity contribution in [2.75, 3.05) is 19.5 Å². The molecule has 0 fully saturated rings. The summed E-state index contributed by atoms with van der Waals surface area (Å²) in [5.74, 6) is 1.11. The van der Waals surface area contributed by atoms with E-state index in [0.717, 1.165) is 21.8 Å². The largest absolute Gasteiger partial charge is 0.493 e. The van der Waals surface area contributed by atoms with Gasteiger partial charge in [0.25, 0.3) is 0 Å². The van der Waals surface area contributed by atoms with Crippen molar-refractivity contribution in [3.63, 3.8) is 0 Å². The van der Waals surface area contributed by atoms with Gasteiger partial charge in [-0.25, -0.2) is 9.97 Å². The Kier molecular flexibility index (Phi) is 6.50. The molecule has 0 spiro atoms. The Hall–Kier alpha value is -2.94. The van der Waals surface area contributed by atoms with Gasteiger partial charge in [-0.1, -0.05) is 29.8 Å². The van der Waals surface area contributed by atoms with Crippen molar-refractivity contribution in [1.82, 2.24) is 9.97 Å². The molecule has 0 saturated carbocycles. The molecule has 6 nitrogen and oxygen atoms in total. The lowest BCUT2D eigenvalue weighted by atomic mass is 10.2. The van der Waals surface area contributed by atoms with E-state index in [1.807, 2.05) is 53.2 Å². The van der Waals surface area contributed by atoms with E-state index in [2.05, 4.69) is 15.3 Å². The van der Waals surface area contributed by atoms with E-state index in [-0.39, 0.29) is 12.3 Å². The number of carbonyl (C=O) groups excluding carboxylic acids is 1. The number of anilines is 1. The molecule has 0 aliphatic heterocycles. The average molecular weight is 472 g/mol. The molecule has 158 valence electrons. The van der Waals surface area contributed by atoms with Crippen molar-refractivity contribution in [3.8, 4) is 33.3 Å². The van der Waals surface area contributed by atoms with Gasteiger partial charge in [0.2, 0.25) is 5.91 Å². The second-order valence-electron chi connectivity index (χ2n) is 6.46. The second kappa shape index (κ2) is 9.47. The van der Waals surface area contributed by atoms with E-state index in [1.54, 1.807) is 14.2 Å². The number of nitrogens with one attached hydrogen (secondary N) is 1. The predicted octanol–water partition coefficient (Wildman–Crippen LogP) is 5.79. The number of benzene rings is 2. The molecule has 31 heavy (non-hydrogen) atoms. The van der Waals surface area contributed by atoms with Crippen molar-refractivity contribution < 1.29 is 14.3 Å². The molecule has 0 radical (unpaired) electrons. The van der Waals surface area contributed by atoms with Crippen molar-refractivity contribution >= 4 is 45.3 Å². The lowest BCUT2D eigenvalue weighted by Crippen LogP contribution is -2.14. The summed E-state index contributed by atoms with van der Waals surface area (Å²) in [6.07, 6.45) is 0.158. The molecule has 2 aromatic heterocycles. The maximum Gasteiger partial charge on any atom is 0.232 e. The second-order valence-corrected chi connectivity index (χ2v) is 8.58. The quantitative estimate of drug-likeness (QED) is 0.369. The number of rotatable bonds is 7. The molecule has 9 heteroatoms. The number of amides is 1. The predicted molar refractivity (Wildman–Crippen MR) is 126 cm³/mol. The summed E-state index contributed by atoms with van der Waals surface area (Å²) in [7, 11) is 3.19. The third-order valence-corrected chi connectivity index (χ3v) is 6.45. The van der Waals surface area contributed by atoms with Crippen LogP contribution in [0.1, 0.15) is 5.69 Å². The maximum atomic E-state index is 12.5.